The van der Waals surface area contributed by atoms with Crippen molar-refractivity contribution in [3.05, 3.63) is 40.8 Å². The van der Waals surface area contributed by atoms with E-state index >= 15 is 0 Å². The molecule has 0 atom stereocenters. The number of anilines is 2. The van der Waals surface area contributed by atoms with Crippen molar-refractivity contribution in [3.63, 3.8) is 0 Å². The van der Waals surface area contributed by atoms with Gasteiger partial charge in [-0.05, 0) is 44.5 Å². The topological polar surface area (TPSA) is 47.0 Å². The Morgan fingerprint density at radius 1 is 1.14 bits per heavy atom. The van der Waals surface area contributed by atoms with Gasteiger partial charge in [-0.1, -0.05) is 18.5 Å². The maximum atomic E-state index is 6.18. The third kappa shape index (κ3) is 4.08. The summed E-state index contributed by atoms with van der Waals surface area (Å²) in [6.07, 6.45) is 1.81. The zero-order valence-corrected chi connectivity index (χ0v) is 13.4. The second-order valence-electron chi connectivity index (χ2n) is 4.74. The second-order valence-corrected chi connectivity index (χ2v) is 5.09. The number of aryl methyl sites for hydroxylation is 1. The minimum absolute atomic E-state index is 0.502. The van der Waals surface area contributed by atoms with E-state index in [-0.39, 0.29) is 0 Å². The summed E-state index contributed by atoms with van der Waals surface area (Å²) in [5, 5.41) is 3.79. The van der Waals surface area contributed by atoms with Crippen LogP contribution in [0, 0.1) is 6.92 Å². The number of ether oxygens (including phenoxy) is 1. The Labute approximate surface area is 130 Å². The van der Waals surface area contributed by atoms with Crippen LogP contribution in [-0.2, 0) is 6.42 Å². The molecule has 21 heavy (non-hydrogen) atoms. The Morgan fingerprint density at radius 2 is 1.86 bits per heavy atom. The molecule has 0 amide bonds. The van der Waals surface area contributed by atoms with Crippen molar-refractivity contribution in [1.29, 1.82) is 0 Å². The number of nitrogens with one attached hydrogen (secondary N) is 1. The molecule has 1 aromatic carbocycles. The molecule has 112 valence electrons. The zero-order chi connectivity index (χ0) is 15.2. The Kier molecular flexibility index (Phi) is 5.39. The van der Waals surface area contributed by atoms with Crippen molar-refractivity contribution >= 4 is 23.1 Å². The van der Waals surface area contributed by atoms with E-state index in [9.17, 15) is 0 Å². The summed E-state index contributed by atoms with van der Waals surface area (Å²) in [6.45, 7) is 6.63. The van der Waals surface area contributed by atoms with Gasteiger partial charge < -0.3 is 10.1 Å². The molecule has 0 unspecified atom stereocenters. The molecule has 0 fully saturated rings. The Balaban J connectivity index is 2.21. The van der Waals surface area contributed by atoms with Gasteiger partial charge in [0.15, 0.2) is 0 Å². The first-order chi connectivity index (χ1) is 10.1. The fraction of sp³-hybridized carbons (Fsp3) is 0.375. The molecule has 0 bridgehead atoms. The van der Waals surface area contributed by atoms with E-state index in [1.165, 1.54) is 0 Å². The summed E-state index contributed by atoms with van der Waals surface area (Å²) in [5.41, 5.74) is 1.80. The van der Waals surface area contributed by atoms with Crippen molar-refractivity contribution in [1.82, 2.24) is 9.97 Å². The van der Waals surface area contributed by atoms with Crippen LogP contribution in [-0.4, -0.2) is 16.6 Å². The quantitative estimate of drug-likeness (QED) is 0.796. The molecule has 1 aromatic heterocycles. The van der Waals surface area contributed by atoms with Crippen molar-refractivity contribution in [2.24, 2.45) is 0 Å². The predicted molar refractivity (Wildman–Crippen MR) is 86.7 cm³/mol. The molecule has 1 heterocycles. The van der Waals surface area contributed by atoms with Gasteiger partial charge >= 0.3 is 0 Å². The molecule has 0 saturated heterocycles. The highest BCUT2D eigenvalue weighted by Crippen LogP contribution is 2.25. The summed E-state index contributed by atoms with van der Waals surface area (Å²) in [6, 6.07) is 7.77. The minimum atomic E-state index is 0.502. The lowest BCUT2D eigenvalue weighted by Gasteiger charge is -2.12. The molecule has 0 aliphatic rings. The monoisotopic (exact) mass is 305 g/mol. The minimum Gasteiger partial charge on any atom is -0.494 e. The molecule has 5 heteroatoms. The van der Waals surface area contributed by atoms with Gasteiger partial charge in [0.2, 0.25) is 0 Å². The summed E-state index contributed by atoms with van der Waals surface area (Å²) in [5.74, 6) is 2.37. The average molecular weight is 306 g/mol. The smallest absolute Gasteiger partial charge is 0.138 e. The van der Waals surface area contributed by atoms with Crippen LogP contribution in [0.25, 0.3) is 0 Å². The molecule has 4 nitrogen and oxygen atoms in total. The zero-order valence-electron chi connectivity index (χ0n) is 12.6. The lowest BCUT2D eigenvalue weighted by Crippen LogP contribution is -2.03. The van der Waals surface area contributed by atoms with E-state index in [0.717, 1.165) is 41.5 Å². The van der Waals surface area contributed by atoms with Crippen LogP contribution < -0.4 is 10.1 Å². The van der Waals surface area contributed by atoms with Crippen molar-refractivity contribution in [2.75, 3.05) is 11.9 Å². The summed E-state index contributed by atoms with van der Waals surface area (Å²) in [4.78, 5) is 8.84. The fourth-order valence-electron chi connectivity index (χ4n) is 1.93. The van der Waals surface area contributed by atoms with Gasteiger partial charge in [0.25, 0.3) is 0 Å². The number of rotatable bonds is 6. The average Bonchev–Trinajstić information content (AvgIpc) is 2.47. The fourth-order valence-corrected chi connectivity index (χ4v) is 2.11. The van der Waals surface area contributed by atoms with Gasteiger partial charge in [0, 0.05) is 17.7 Å². The highest BCUT2D eigenvalue weighted by molar-refractivity contribution is 6.30. The van der Waals surface area contributed by atoms with E-state index in [4.69, 9.17) is 16.3 Å². The van der Waals surface area contributed by atoms with Gasteiger partial charge in [-0.2, -0.15) is 0 Å². The van der Waals surface area contributed by atoms with Gasteiger partial charge in [0.1, 0.15) is 22.5 Å². The van der Waals surface area contributed by atoms with Crippen LogP contribution in [0.4, 0.5) is 11.5 Å². The largest absolute Gasteiger partial charge is 0.494 e. The van der Waals surface area contributed by atoms with Crippen LogP contribution in [0.1, 0.15) is 31.7 Å². The molecule has 0 aliphatic heterocycles. The lowest BCUT2D eigenvalue weighted by molar-refractivity contribution is 0.340. The molecule has 1 N–H and O–H groups in total. The van der Waals surface area contributed by atoms with Gasteiger partial charge in [-0.3, -0.25) is 0 Å². The number of nitrogens with zero attached hydrogens (tertiary/aromatic N) is 2. The number of hydrogen-bond donors (Lipinski definition) is 1. The first kappa shape index (κ1) is 15.6. The van der Waals surface area contributed by atoms with Crippen LogP contribution in [0.3, 0.4) is 0 Å². The number of aromatic nitrogens is 2. The predicted octanol–water partition coefficient (Wildman–Crippen LogP) is 4.53. The van der Waals surface area contributed by atoms with Crippen LogP contribution in [0.5, 0.6) is 5.75 Å². The summed E-state index contributed by atoms with van der Waals surface area (Å²) in [7, 11) is 0. The molecular weight excluding hydrogens is 286 g/mol. The van der Waals surface area contributed by atoms with E-state index in [1.54, 1.807) is 0 Å². The molecule has 2 aromatic rings. The van der Waals surface area contributed by atoms with E-state index in [1.807, 2.05) is 38.1 Å². The molecule has 0 spiro atoms. The molecule has 2 rings (SSSR count). The van der Waals surface area contributed by atoms with Crippen molar-refractivity contribution in [3.8, 4) is 5.75 Å². The highest BCUT2D eigenvalue weighted by Gasteiger charge is 2.09. The van der Waals surface area contributed by atoms with Crippen molar-refractivity contribution in [2.45, 2.75) is 33.6 Å². The third-order valence-corrected chi connectivity index (χ3v) is 3.40. The van der Waals surface area contributed by atoms with Gasteiger partial charge in [-0.15, -0.1) is 0 Å². The number of halogens is 1. The molecule has 0 radical (unpaired) electrons. The SMILES string of the molecule is CCCc1nc(Cl)c(C)c(Nc2ccc(OCC)cc2)n1. The number of hydrogen-bond acceptors (Lipinski definition) is 4. The second kappa shape index (κ2) is 7.27. The normalized spacial score (nSPS) is 10.5. The molecular formula is C16H20ClN3O. The third-order valence-electron chi connectivity index (χ3n) is 3.03. The standard InChI is InChI=1S/C16H20ClN3O/c1-4-6-14-19-15(17)11(3)16(20-14)18-12-7-9-13(10-8-12)21-5-2/h7-10H,4-6H2,1-3H3,(H,18,19,20). The summed E-state index contributed by atoms with van der Waals surface area (Å²) < 4.78 is 5.43. The molecule has 0 aliphatic carbocycles. The van der Waals surface area contributed by atoms with Crippen molar-refractivity contribution < 1.29 is 4.74 Å². The Hall–Kier alpha value is -1.81. The maximum Gasteiger partial charge on any atom is 0.138 e. The van der Waals surface area contributed by atoms with Gasteiger partial charge in [-0.25, -0.2) is 9.97 Å². The molecule has 0 saturated carbocycles. The Morgan fingerprint density at radius 3 is 2.48 bits per heavy atom. The first-order valence-electron chi connectivity index (χ1n) is 7.17. The summed E-state index contributed by atoms with van der Waals surface area (Å²) >= 11 is 6.18. The maximum absolute atomic E-state index is 6.18. The lowest BCUT2D eigenvalue weighted by atomic mass is 10.2. The van der Waals surface area contributed by atoms with Crippen LogP contribution in [0.2, 0.25) is 5.15 Å². The van der Waals surface area contributed by atoms with Gasteiger partial charge in [0.05, 0.1) is 6.61 Å². The van der Waals surface area contributed by atoms with E-state index < -0.39 is 0 Å². The first-order valence-corrected chi connectivity index (χ1v) is 7.54. The highest BCUT2D eigenvalue weighted by atomic mass is 35.5. The van der Waals surface area contributed by atoms with E-state index in [2.05, 4.69) is 22.2 Å². The van der Waals surface area contributed by atoms with Crippen LogP contribution >= 0.6 is 11.6 Å². The van der Waals surface area contributed by atoms with Crippen LogP contribution in [0.15, 0.2) is 24.3 Å². The van der Waals surface area contributed by atoms with E-state index in [0.29, 0.717) is 11.8 Å². The Bertz CT molecular complexity index is 599. The number of benzene rings is 1.